The Morgan fingerprint density at radius 1 is 1.35 bits per heavy atom. The molecule has 0 radical (unpaired) electrons. The largest absolute Gasteiger partial charge is 0.416 e. The van der Waals surface area contributed by atoms with E-state index in [4.69, 9.17) is 0 Å². The van der Waals surface area contributed by atoms with Gasteiger partial charge in [-0.25, -0.2) is 0 Å². The number of halogens is 3. The predicted octanol–water partition coefficient (Wildman–Crippen LogP) is 3.09. The van der Waals surface area contributed by atoms with Crippen LogP contribution < -0.4 is 10.6 Å². The SMILES string of the molecule is Cc1ccc(NC2CCCNC(=O)C2)cc1C(F)(F)F. The Morgan fingerprint density at radius 2 is 2.10 bits per heavy atom. The molecule has 1 heterocycles. The Bertz CT molecular complexity index is 500. The molecule has 0 spiro atoms. The van der Waals surface area contributed by atoms with E-state index in [1.807, 2.05) is 0 Å². The number of alkyl halides is 3. The fourth-order valence-electron chi connectivity index (χ4n) is 2.35. The molecule has 0 aliphatic carbocycles. The molecular weight excluding hydrogens is 269 g/mol. The van der Waals surface area contributed by atoms with Gasteiger partial charge in [0.05, 0.1) is 5.56 Å². The van der Waals surface area contributed by atoms with E-state index in [1.165, 1.54) is 13.0 Å². The molecule has 110 valence electrons. The number of aryl methyl sites for hydroxylation is 1. The zero-order valence-corrected chi connectivity index (χ0v) is 11.2. The topological polar surface area (TPSA) is 41.1 Å². The lowest BCUT2D eigenvalue weighted by Crippen LogP contribution is -2.27. The maximum absolute atomic E-state index is 12.8. The quantitative estimate of drug-likeness (QED) is 0.877. The minimum Gasteiger partial charge on any atom is -0.382 e. The lowest BCUT2D eigenvalue weighted by atomic mass is 10.1. The van der Waals surface area contributed by atoms with Crippen molar-refractivity contribution in [1.29, 1.82) is 0 Å². The van der Waals surface area contributed by atoms with Crippen molar-refractivity contribution < 1.29 is 18.0 Å². The lowest BCUT2D eigenvalue weighted by molar-refractivity contribution is -0.138. The lowest BCUT2D eigenvalue weighted by Gasteiger charge is -2.18. The normalized spacial score (nSPS) is 20.2. The van der Waals surface area contributed by atoms with E-state index in [0.717, 1.165) is 18.9 Å². The Morgan fingerprint density at radius 3 is 2.80 bits per heavy atom. The van der Waals surface area contributed by atoms with Crippen LogP contribution in [-0.2, 0) is 11.0 Å². The molecule has 20 heavy (non-hydrogen) atoms. The van der Waals surface area contributed by atoms with Crippen molar-refractivity contribution in [3.63, 3.8) is 0 Å². The number of carbonyl (C=O) groups excluding carboxylic acids is 1. The third-order valence-electron chi connectivity index (χ3n) is 3.40. The van der Waals surface area contributed by atoms with Gasteiger partial charge in [-0.1, -0.05) is 6.07 Å². The van der Waals surface area contributed by atoms with Crippen molar-refractivity contribution in [1.82, 2.24) is 5.32 Å². The third-order valence-corrected chi connectivity index (χ3v) is 3.40. The molecule has 1 amide bonds. The van der Waals surface area contributed by atoms with Crippen LogP contribution >= 0.6 is 0 Å². The Hall–Kier alpha value is -1.72. The summed E-state index contributed by atoms with van der Waals surface area (Å²) in [6.45, 7) is 2.06. The summed E-state index contributed by atoms with van der Waals surface area (Å²) in [5, 5.41) is 5.78. The van der Waals surface area contributed by atoms with Gasteiger partial charge in [-0.05, 0) is 37.5 Å². The van der Waals surface area contributed by atoms with Gasteiger partial charge in [0.25, 0.3) is 0 Å². The summed E-state index contributed by atoms with van der Waals surface area (Å²) in [6.07, 6.45) is -2.49. The maximum Gasteiger partial charge on any atom is 0.416 e. The number of nitrogens with one attached hydrogen (secondary N) is 2. The summed E-state index contributed by atoms with van der Waals surface area (Å²) in [5.74, 6) is -0.0665. The van der Waals surface area contributed by atoms with Crippen molar-refractivity contribution >= 4 is 11.6 Å². The second kappa shape index (κ2) is 5.73. The first-order chi connectivity index (χ1) is 9.36. The summed E-state index contributed by atoms with van der Waals surface area (Å²) >= 11 is 0. The van der Waals surface area contributed by atoms with E-state index in [1.54, 1.807) is 6.07 Å². The number of amides is 1. The van der Waals surface area contributed by atoms with Crippen molar-refractivity contribution in [3.8, 4) is 0 Å². The number of hydrogen-bond acceptors (Lipinski definition) is 2. The first-order valence-electron chi connectivity index (χ1n) is 6.57. The van der Waals surface area contributed by atoms with Crippen LogP contribution in [0.4, 0.5) is 18.9 Å². The molecule has 2 N–H and O–H groups in total. The standard InChI is InChI=1S/C14H17F3N2O/c1-9-4-5-11(7-12(9)14(15,16)17)19-10-3-2-6-18-13(20)8-10/h4-5,7,10,19H,2-3,6,8H2,1H3,(H,18,20). The highest BCUT2D eigenvalue weighted by Crippen LogP contribution is 2.33. The minimum absolute atomic E-state index is 0.0665. The van der Waals surface area contributed by atoms with Crippen LogP contribution in [0.1, 0.15) is 30.4 Å². The van der Waals surface area contributed by atoms with Crippen molar-refractivity contribution in [2.75, 3.05) is 11.9 Å². The molecule has 6 heteroatoms. The Kier molecular flexibility index (Phi) is 4.20. The van der Waals surface area contributed by atoms with Crippen molar-refractivity contribution in [2.24, 2.45) is 0 Å². The van der Waals surface area contributed by atoms with Gasteiger partial charge in [0.2, 0.25) is 5.91 Å². The van der Waals surface area contributed by atoms with Crippen LogP contribution in [0.3, 0.4) is 0 Å². The second-order valence-electron chi connectivity index (χ2n) is 5.07. The van der Waals surface area contributed by atoms with Gasteiger partial charge in [0.15, 0.2) is 0 Å². The molecule has 1 atom stereocenters. The van der Waals surface area contributed by atoms with Gasteiger partial charge >= 0.3 is 6.18 Å². The van der Waals surface area contributed by atoms with Crippen LogP contribution in [0.2, 0.25) is 0 Å². The van der Waals surface area contributed by atoms with Crippen LogP contribution in [0.15, 0.2) is 18.2 Å². The van der Waals surface area contributed by atoms with E-state index >= 15 is 0 Å². The van der Waals surface area contributed by atoms with Gasteiger partial charge in [-0.15, -0.1) is 0 Å². The van der Waals surface area contributed by atoms with Crippen molar-refractivity contribution in [2.45, 2.75) is 38.4 Å². The second-order valence-corrected chi connectivity index (χ2v) is 5.07. The van der Waals surface area contributed by atoms with Gasteiger partial charge in [0.1, 0.15) is 0 Å². The van der Waals surface area contributed by atoms with Crippen LogP contribution in [-0.4, -0.2) is 18.5 Å². The summed E-state index contributed by atoms with van der Waals surface area (Å²) in [4.78, 5) is 11.4. The molecule has 1 aromatic carbocycles. The Labute approximate surface area is 115 Å². The predicted molar refractivity (Wildman–Crippen MR) is 70.5 cm³/mol. The van der Waals surface area contributed by atoms with Crippen molar-refractivity contribution in [3.05, 3.63) is 29.3 Å². The average Bonchev–Trinajstić information content (AvgIpc) is 2.55. The molecule has 1 aliphatic heterocycles. The third kappa shape index (κ3) is 3.65. The zero-order valence-electron chi connectivity index (χ0n) is 11.2. The van der Waals surface area contributed by atoms with E-state index < -0.39 is 11.7 Å². The van der Waals surface area contributed by atoms with Gasteiger partial charge in [-0.3, -0.25) is 4.79 Å². The molecule has 1 fully saturated rings. The molecule has 0 saturated carbocycles. The monoisotopic (exact) mass is 286 g/mol. The minimum atomic E-state index is -4.36. The maximum atomic E-state index is 12.8. The van der Waals surface area contributed by atoms with Crippen LogP contribution in [0, 0.1) is 6.92 Å². The fourth-order valence-corrected chi connectivity index (χ4v) is 2.35. The molecule has 3 nitrogen and oxygen atoms in total. The number of benzene rings is 1. The van der Waals surface area contributed by atoms with Gasteiger partial charge in [0, 0.05) is 24.7 Å². The Balaban J connectivity index is 2.15. The van der Waals surface area contributed by atoms with Gasteiger partial charge in [-0.2, -0.15) is 13.2 Å². The summed E-state index contributed by atoms with van der Waals surface area (Å²) in [7, 11) is 0. The molecule has 0 bridgehead atoms. The fraction of sp³-hybridized carbons (Fsp3) is 0.500. The van der Waals surface area contributed by atoms with Crippen LogP contribution in [0.25, 0.3) is 0 Å². The molecule has 1 saturated heterocycles. The molecule has 1 aliphatic rings. The highest BCUT2D eigenvalue weighted by molar-refractivity contribution is 5.77. The first-order valence-corrected chi connectivity index (χ1v) is 6.57. The van der Waals surface area contributed by atoms with E-state index in [9.17, 15) is 18.0 Å². The summed E-state index contributed by atoms with van der Waals surface area (Å²) in [6, 6.07) is 4.05. The summed E-state index contributed by atoms with van der Waals surface area (Å²) < 4.78 is 38.5. The van der Waals surface area contributed by atoms with Crippen LogP contribution in [0.5, 0.6) is 0 Å². The molecule has 1 unspecified atom stereocenters. The molecule has 2 rings (SSSR count). The number of anilines is 1. The van der Waals surface area contributed by atoms with E-state index in [2.05, 4.69) is 10.6 Å². The molecule has 1 aromatic rings. The summed E-state index contributed by atoms with van der Waals surface area (Å²) in [5.41, 5.74) is -0.0372. The molecular formula is C14H17F3N2O. The van der Waals surface area contributed by atoms with Gasteiger partial charge < -0.3 is 10.6 Å². The molecule has 0 aromatic heterocycles. The average molecular weight is 286 g/mol. The number of rotatable bonds is 2. The number of hydrogen-bond donors (Lipinski definition) is 2. The number of carbonyl (C=O) groups is 1. The smallest absolute Gasteiger partial charge is 0.382 e. The van der Waals surface area contributed by atoms with E-state index in [-0.39, 0.29) is 23.9 Å². The first kappa shape index (κ1) is 14.7. The highest BCUT2D eigenvalue weighted by atomic mass is 19.4. The van der Waals surface area contributed by atoms with E-state index in [0.29, 0.717) is 12.2 Å². The highest BCUT2D eigenvalue weighted by Gasteiger charge is 2.32. The zero-order chi connectivity index (χ0) is 14.8.